The lowest BCUT2D eigenvalue weighted by Gasteiger charge is -2.24. The normalized spacial score (nSPS) is 15.1. The molecule has 1 atom stereocenters. The number of nitrogens with one attached hydrogen (secondary N) is 1. The van der Waals surface area contributed by atoms with Crippen LogP contribution in [0.2, 0.25) is 0 Å². The summed E-state index contributed by atoms with van der Waals surface area (Å²) < 4.78 is 21.2. The Balaban J connectivity index is 1.54. The Hall–Kier alpha value is -3.22. The molecule has 0 radical (unpaired) electrons. The van der Waals surface area contributed by atoms with Crippen LogP contribution in [0.15, 0.2) is 42.5 Å². The molecule has 2 aromatic rings. The number of anilines is 1. The van der Waals surface area contributed by atoms with Crippen LogP contribution in [-0.2, 0) is 14.3 Å². The number of amides is 1. The molecule has 26 heavy (non-hydrogen) atoms. The molecule has 3 rings (SSSR count). The zero-order chi connectivity index (χ0) is 18.5. The number of hydrogen-bond acceptors (Lipinski definition) is 6. The first-order valence-electron chi connectivity index (χ1n) is 8.06. The van der Waals surface area contributed by atoms with E-state index in [1.54, 1.807) is 30.3 Å². The number of fused-ring (bicyclic) bond motifs is 1. The number of carbonyl (C=O) groups is 2. The molecule has 0 bridgehead atoms. The van der Waals surface area contributed by atoms with Gasteiger partial charge in [0.15, 0.2) is 18.1 Å². The SMILES string of the molecule is COc1ccc(C)cc1NC(=O)COC(=O)[C@@H]1COc2ccccc2O1. The van der Waals surface area contributed by atoms with Gasteiger partial charge in [0.1, 0.15) is 12.4 Å². The third kappa shape index (κ3) is 4.05. The van der Waals surface area contributed by atoms with Crippen molar-refractivity contribution in [2.24, 2.45) is 0 Å². The maximum atomic E-state index is 12.1. The van der Waals surface area contributed by atoms with Crippen molar-refractivity contribution in [1.29, 1.82) is 0 Å². The minimum Gasteiger partial charge on any atom is -0.495 e. The fourth-order valence-corrected chi connectivity index (χ4v) is 2.47. The van der Waals surface area contributed by atoms with Crippen molar-refractivity contribution in [3.05, 3.63) is 48.0 Å². The first-order chi connectivity index (χ1) is 12.6. The molecule has 0 spiro atoms. The van der Waals surface area contributed by atoms with Gasteiger partial charge in [0.05, 0.1) is 12.8 Å². The number of rotatable bonds is 5. The molecule has 136 valence electrons. The highest BCUT2D eigenvalue weighted by atomic mass is 16.6. The van der Waals surface area contributed by atoms with Crippen molar-refractivity contribution < 1.29 is 28.5 Å². The van der Waals surface area contributed by atoms with Crippen molar-refractivity contribution in [2.45, 2.75) is 13.0 Å². The summed E-state index contributed by atoms with van der Waals surface area (Å²) in [6, 6.07) is 12.4. The zero-order valence-corrected chi connectivity index (χ0v) is 14.5. The van der Waals surface area contributed by atoms with E-state index in [0.29, 0.717) is 22.9 Å². The highest BCUT2D eigenvalue weighted by molar-refractivity contribution is 5.94. The number of aryl methyl sites for hydroxylation is 1. The predicted molar refractivity (Wildman–Crippen MR) is 93.7 cm³/mol. The lowest BCUT2D eigenvalue weighted by Crippen LogP contribution is -2.39. The molecule has 1 aliphatic heterocycles. The molecule has 0 saturated carbocycles. The standard InChI is InChI=1S/C19H19NO6/c1-12-7-8-14(23-2)13(9-12)20-18(21)11-25-19(22)17-10-24-15-5-3-4-6-16(15)26-17/h3-9,17H,10-11H2,1-2H3,(H,20,21)/t17-/m0/s1. The average Bonchev–Trinajstić information content (AvgIpc) is 2.66. The van der Waals surface area contributed by atoms with Crippen molar-refractivity contribution in [2.75, 3.05) is 25.6 Å². The van der Waals surface area contributed by atoms with Crippen molar-refractivity contribution >= 4 is 17.6 Å². The van der Waals surface area contributed by atoms with E-state index in [9.17, 15) is 9.59 Å². The van der Waals surface area contributed by atoms with Gasteiger partial charge in [-0.2, -0.15) is 0 Å². The van der Waals surface area contributed by atoms with Crippen molar-refractivity contribution in [3.8, 4) is 17.2 Å². The van der Waals surface area contributed by atoms with E-state index in [2.05, 4.69) is 5.32 Å². The Kier molecular flexibility index (Phi) is 5.26. The summed E-state index contributed by atoms with van der Waals surface area (Å²) in [7, 11) is 1.51. The van der Waals surface area contributed by atoms with Crippen molar-refractivity contribution in [1.82, 2.24) is 0 Å². The molecule has 0 unspecified atom stereocenters. The Morgan fingerprint density at radius 3 is 2.73 bits per heavy atom. The van der Waals surface area contributed by atoms with Crippen LogP contribution in [0, 0.1) is 6.92 Å². The Morgan fingerprint density at radius 2 is 1.96 bits per heavy atom. The molecule has 0 saturated heterocycles. The zero-order valence-electron chi connectivity index (χ0n) is 14.5. The van der Waals surface area contributed by atoms with Crippen molar-refractivity contribution in [3.63, 3.8) is 0 Å². The largest absolute Gasteiger partial charge is 0.495 e. The fourth-order valence-electron chi connectivity index (χ4n) is 2.47. The lowest BCUT2D eigenvalue weighted by atomic mass is 10.2. The maximum Gasteiger partial charge on any atom is 0.351 e. The monoisotopic (exact) mass is 357 g/mol. The second-order valence-corrected chi connectivity index (χ2v) is 5.72. The minimum atomic E-state index is -0.911. The molecule has 1 N–H and O–H groups in total. The summed E-state index contributed by atoms with van der Waals surface area (Å²) >= 11 is 0. The van der Waals surface area contributed by atoms with Gasteiger partial charge in [-0.15, -0.1) is 0 Å². The minimum absolute atomic E-state index is 0.0309. The average molecular weight is 357 g/mol. The van der Waals surface area contributed by atoms with E-state index in [1.165, 1.54) is 7.11 Å². The van der Waals surface area contributed by atoms with Gasteiger partial charge in [-0.05, 0) is 36.8 Å². The predicted octanol–water partition coefficient (Wildman–Crippen LogP) is 2.33. The second kappa shape index (κ2) is 7.77. The first kappa shape index (κ1) is 17.6. The maximum absolute atomic E-state index is 12.1. The van der Waals surface area contributed by atoms with Gasteiger partial charge in [0.2, 0.25) is 6.10 Å². The summed E-state index contributed by atoms with van der Waals surface area (Å²) in [6.07, 6.45) is -0.911. The van der Waals surface area contributed by atoms with Crippen LogP contribution in [0.4, 0.5) is 5.69 Å². The third-order valence-electron chi connectivity index (χ3n) is 3.75. The van der Waals surface area contributed by atoms with E-state index in [1.807, 2.05) is 19.1 Å². The van der Waals surface area contributed by atoms with Crippen LogP contribution in [-0.4, -0.2) is 38.3 Å². The third-order valence-corrected chi connectivity index (χ3v) is 3.75. The topological polar surface area (TPSA) is 83.1 Å². The molecule has 2 aromatic carbocycles. The Labute approximate surface area is 150 Å². The molecule has 0 fully saturated rings. The number of para-hydroxylation sites is 2. The number of hydrogen-bond donors (Lipinski definition) is 1. The molecule has 7 nitrogen and oxygen atoms in total. The molecule has 1 aliphatic rings. The van der Waals surface area contributed by atoms with Gasteiger partial charge < -0.3 is 24.3 Å². The molecule has 0 aliphatic carbocycles. The number of esters is 1. The highest BCUT2D eigenvalue weighted by Gasteiger charge is 2.29. The second-order valence-electron chi connectivity index (χ2n) is 5.72. The van der Waals surface area contributed by atoms with Gasteiger partial charge in [-0.25, -0.2) is 4.79 Å². The van der Waals surface area contributed by atoms with Gasteiger partial charge in [-0.3, -0.25) is 4.79 Å². The summed E-state index contributed by atoms with van der Waals surface area (Å²) in [5.74, 6) is 0.427. The molecular formula is C19H19NO6. The Morgan fingerprint density at radius 1 is 1.19 bits per heavy atom. The molecule has 7 heteroatoms. The molecule has 1 amide bonds. The lowest BCUT2D eigenvalue weighted by molar-refractivity contribution is -0.156. The van der Waals surface area contributed by atoms with Gasteiger partial charge >= 0.3 is 5.97 Å². The molecule has 0 aromatic heterocycles. The van der Waals surface area contributed by atoms with Crippen LogP contribution in [0.3, 0.4) is 0 Å². The number of carbonyl (C=O) groups excluding carboxylic acids is 2. The Bertz CT molecular complexity index is 819. The van der Waals surface area contributed by atoms with Gasteiger partial charge in [0, 0.05) is 0 Å². The number of ether oxygens (including phenoxy) is 4. The highest BCUT2D eigenvalue weighted by Crippen LogP contribution is 2.31. The van der Waals surface area contributed by atoms with Crippen LogP contribution in [0.5, 0.6) is 17.2 Å². The summed E-state index contributed by atoms with van der Waals surface area (Å²) in [5.41, 5.74) is 1.48. The number of benzene rings is 2. The van der Waals surface area contributed by atoms with E-state index in [-0.39, 0.29) is 6.61 Å². The van der Waals surface area contributed by atoms with E-state index < -0.39 is 24.6 Å². The first-order valence-corrected chi connectivity index (χ1v) is 8.06. The van der Waals surface area contributed by atoms with Crippen LogP contribution in [0.25, 0.3) is 0 Å². The summed E-state index contributed by atoms with van der Waals surface area (Å²) in [4.78, 5) is 24.2. The van der Waals surface area contributed by atoms with Crippen LogP contribution in [0.1, 0.15) is 5.56 Å². The van der Waals surface area contributed by atoms with Crippen LogP contribution >= 0.6 is 0 Å². The van der Waals surface area contributed by atoms with Crippen LogP contribution < -0.4 is 19.5 Å². The number of methoxy groups -OCH3 is 1. The van der Waals surface area contributed by atoms with E-state index in [4.69, 9.17) is 18.9 Å². The summed E-state index contributed by atoms with van der Waals surface area (Å²) in [5, 5.41) is 2.66. The van der Waals surface area contributed by atoms with E-state index >= 15 is 0 Å². The van der Waals surface area contributed by atoms with Gasteiger partial charge in [-0.1, -0.05) is 18.2 Å². The molecular weight excluding hydrogens is 338 g/mol. The smallest absolute Gasteiger partial charge is 0.351 e. The van der Waals surface area contributed by atoms with Gasteiger partial charge in [0.25, 0.3) is 5.91 Å². The quantitative estimate of drug-likeness (QED) is 0.827. The summed E-state index contributed by atoms with van der Waals surface area (Å²) in [6.45, 7) is 1.49. The molecule has 1 heterocycles. The fraction of sp³-hybridized carbons (Fsp3) is 0.263. The van der Waals surface area contributed by atoms with E-state index in [0.717, 1.165) is 5.56 Å².